The van der Waals surface area contributed by atoms with Crippen LogP contribution < -0.4 is 0 Å². The topological polar surface area (TPSA) is 107 Å². The Bertz CT molecular complexity index is 203. The molecule has 0 fully saturated rings. The van der Waals surface area contributed by atoms with Gasteiger partial charge in [0.1, 0.15) is 12.4 Å². The van der Waals surface area contributed by atoms with Crippen LogP contribution in [0.5, 0.6) is 0 Å². The van der Waals surface area contributed by atoms with Crippen molar-refractivity contribution in [3.05, 3.63) is 0 Å². The molecule has 4 N–H and O–H groups in total. The summed E-state index contributed by atoms with van der Waals surface area (Å²) >= 11 is 4.09. The molecule has 0 saturated heterocycles. The predicted octanol–water partition coefficient (Wildman–Crippen LogP) is -1.48. The van der Waals surface area contributed by atoms with Crippen LogP contribution in [-0.2, 0) is 21.1 Å². The van der Waals surface area contributed by atoms with E-state index < -0.39 is 25.5 Å². The SMILES string of the molecule is O=CC[C@H](O)[C@H](O)COP(O)(O)=S. The van der Waals surface area contributed by atoms with E-state index >= 15 is 0 Å². The molecule has 0 heterocycles. The van der Waals surface area contributed by atoms with Crippen LogP contribution in [-0.4, -0.2) is 45.1 Å². The van der Waals surface area contributed by atoms with Crippen LogP contribution in [0.15, 0.2) is 0 Å². The first-order valence-electron chi connectivity index (χ1n) is 3.36. The third-order valence-electron chi connectivity index (χ3n) is 1.20. The number of aliphatic hydroxyl groups excluding tert-OH is 2. The highest BCUT2D eigenvalue weighted by Gasteiger charge is 2.19. The molecule has 0 bridgehead atoms. The lowest BCUT2D eigenvalue weighted by molar-refractivity contribution is -0.111. The summed E-state index contributed by atoms with van der Waals surface area (Å²) in [6.45, 7) is -4.32. The summed E-state index contributed by atoms with van der Waals surface area (Å²) in [4.78, 5) is 27.0. The number of carbonyl (C=O) groups is 1. The Morgan fingerprint density at radius 3 is 2.31 bits per heavy atom. The first kappa shape index (κ1) is 13.1. The molecule has 0 aromatic carbocycles. The number of aliphatic hydroxyl groups is 2. The van der Waals surface area contributed by atoms with Crippen LogP contribution in [0.4, 0.5) is 0 Å². The lowest BCUT2D eigenvalue weighted by Gasteiger charge is -2.16. The van der Waals surface area contributed by atoms with Gasteiger partial charge in [-0.25, -0.2) is 0 Å². The number of carbonyl (C=O) groups excluding carboxylic acids is 1. The van der Waals surface area contributed by atoms with Crippen molar-refractivity contribution >= 4 is 24.8 Å². The van der Waals surface area contributed by atoms with Crippen LogP contribution in [0, 0.1) is 0 Å². The maximum atomic E-state index is 9.90. The zero-order chi connectivity index (χ0) is 10.5. The Balaban J connectivity index is 3.80. The Morgan fingerprint density at radius 2 is 1.92 bits per heavy atom. The van der Waals surface area contributed by atoms with Crippen molar-refractivity contribution in [2.45, 2.75) is 18.6 Å². The Labute approximate surface area is 80.0 Å². The molecule has 0 radical (unpaired) electrons. The van der Waals surface area contributed by atoms with E-state index in [-0.39, 0.29) is 6.42 Å². The van der Waals surface area contributed by atoms with Crippen LogP contribution in [0.3, 0.4) is 0 Å². The van der Waals surface area contributed by atoms with Gasteiger partial charge in [-0.1, -0.05) is 0 Å². The normalized spacial score (nSPS) is 16.6. The second-order valence-electron chi connectivity index (χ2n) is 2.32. The molecule has 0 aromatic heterocycles. The van der Waals surface area contributed by atoms with Crippen LogP contribution in [0.25, 0.3) is 0 Å². The van der Waals surface area contributed by atoms with E-state index in [1.54, 1.807) is 0 Å². The zero-order valence-corrected chi connectivity index (χ0v) is 8.32. The summed E-state index contributed by atoms with van der Waals surface area (Å²) < 4.78 is 4.27. The highest BCUT2D eigenvalue weighted by atomic mass is 32.5. The quantitative estimate of drug-likeness (QED) is 0.325. The maximum Gasteiger partial charge on any atom is 0.321 e. The van der Waals surface area contributed by atoms with Gasteiger partial charge in [0, 0.05) is 6.42 Å². The van der Waals surface area contributed by atoms with Gasteiger partial charge in [-0.2, -0.15) is 0 Å². The van der Waals surface area contributed by atoms with E-state index in [1.165, 1.54) is 0 Å². The fraction of sp³-hybridized carbons (Fsp3) is 0.800. The number of aldehydes is 1. The fourth-order valence-electron chi connectivity index (χ4n) is 0.540. The van der Waals surface area contributed by atoms with E-state index in [9.17, 15) is 4.79 Å². The monoisotopic (exact) mass is 230 g/mol. The summed E-state index contributed by atoms with van der Waals surface area (Å²) in [6, 6.07) is 0. The van der Waals surface area contributed by atoms with Gasteiger partial charge in [0.05, 0.1) is 12.7 Å². The third-order valence-corrected chi connectivity index (χ3v) is 2.00. The molecule has 0 aliphatic carbocycles. The van der Waals surface area contributed by atoms with Gasteiger partial charge in [0.2, 0.25) is 0 Å². The van der Waals surface area contributed by atoms with Gasteiger partial charge in [-0.3, -0.25) is 0 Å². The molecule has 0 spiro atoms. The van der Waals surface area contributed by atoms with Gasteiger partial charge in [-0.05, 0) is 11.8 Å². The maximum absolute atomic E-state index is 9.90. The molecule has 2 atom stereocenters. The van der Waals surface area contributed by atoms with E-state index in [4.69, 9.17) is 20.0 Å². The highest BCUT2D eigenvalue weighted by molar-refractivity contribution is 8.06. The van der Waals surface area contributed by atoms with Crippen molar-refractivity contribution in [2.24, 2.45) is 0 Å². The Hall–Kier alpha value is 0.120. The highest BCUT2D eigenvalue weighted by Crippen LogP contribution is 2.36. The lowest BCUT2D eigenvalue weighted by atomic mass is 10.2. The van der Waals surface area contributed by atoms with Gasteiger partial charge in [-0.15, -0.1) is 0 Å². The van der Waals surface area contributed by atoms with E-state index in [0.29, 0.717) is 6.29 Å². The van der Waals surface area contributed by atoms with E-state index in [1.807, 2.05) is 0 Å². The molecule has 6 nitrogen and oxygen atoms in total. The minimum Gasteiger partial charge on any atom is -0.390 e. The summed E-state index contributed by atoms with van der Waals surface area (Å²) in [7, 11) is 0. The van der Waals surface area contributed by atoms with Gasteiger partial charge in [0.15, 0.2) is 0 Å². The van der Waals surface area contributed by atoms with Gasteiger partial charge in [0.25, 0.3) is 0 Å². The molecule has 13 heavy (non-hydrogen) atoms. The van der Waals surface area contributed by atoms with Gasteiger partial charge >= 0.3 is 6.72 Å². The Morgan fingerprint density at radius 1 is 1.38 bits per heavy atom. The van der Waals surface area contributed by atoms with E-state index in [0.717, 1.165) is 0 Å². The molecule has 0 aliphatic rings. The summed E-state index contributed by atoms with van der Waals surface area (Å²) in [6.07, 6.45) is -2.45. The lowest BCUT2D eigenvalue weighted by Crippen LogP contribution is -2.30. The number of hydrogen-bond acceptors (Lipinski definition) is 5. The van der Waals surface area contributed by atoms with Crippen LogP contribution in [0.2, 0.25) is 0 Å². The largest absolute Gasteiger partial charge is 0.390 e. The molecule has 0 rings (SSSR count). The third kappa shape index (κ3) is 7.21. The molecule has 0 unspecified atom stereocenters. The van der Waals surface area contributed by atoms with Crippen molar-refractivity contribution in [3.63, 3.8) is 0 Å². The van der Waals surface area contributed by atoms with E-state index in [2.05, 4.69) is 16.3 Å². The Kier molecular flexibility index (Phi) is 5.82. The molecule has 0 amide bonds. The van der Waals surface area contributed by atoms with Crippen molar-refractivity contribution < 1.29 is 29.3 Å². The standard InChI is InChI=1S/C5H11O6PS/c6-2-1-4(7)5(8)3-11-12(9,10)13/h2,4-5,7-8H,1,3H2,(H2,9,10,13)/t4-,5+/m0/s1. The average Bonchev–Trinajstić information content (AvgIpc) is 1.99. The molecule has 0 aliphatic heterocycles. The first-order chi connectivity index (χ1) is 5.87. The smallest absolute Gasteiger partial charge is 0.321 e. The second kappa shape index (κ2) is 5.77. The van der Waals surface area contributed by atoms with Crippen LogP contribution >= 0.6 is 6.72 Å². The zero-order valence-electron chi connectivity index (χ0n) is 6.61. The number of rotatable bonds is 6. The van der Waals surface area contributed by atoms with Crippen molar-refractivity contribution in [1.29, 1.82) is 0 Å². The minimum absolute atomic E-state index is 0.246. The van der Waals surface area contributed by atoms with Crippen molar-refractivity contribution in [3.8, 4) is 0 Å². The van der Waals surface area contributed by atoms with Crippen molar-refractivity contribution in [2.75, 3.05) is 6.61 Å². The molecular formula is C5H11O6PS. The molecular weight excluding hydrogens is 219 g/mol. The molecule has 0 saturated carbocycles. The minimum atomic E-state index is -3.80. The molecule has 8 heteroatoms. The molecule has 78 valence electrons. The number of hydrogen-bond donors (Lipinski definition) is 4. The summed E-state index contributed by atoms with van der Waals surface area (Å²) in [5, 5.41) is 18.0. The first-order valence-corrected chi connectivity index (χ1v) is 5.99. The second-order valence-corrected chi connectivity index (χ2v) is 4.99. The summed E-state index contributed by atoms with van der Waals surface area (Å²) in [5.41, 5.74) is 0. The fourth-order valence-corrected chi connectivity index (χ4v) is 1.07. The van der Waals surface area contributed by atoms with Crippen LogP contribution in [0.1, 0.15) is 6.42 Å². The van der Waals surface area contributed by atoms with Crippen molar-refractivity contribution in [1.82, 2.24) is 0 Å². The molecule has 0 aromatic rings. The average molecular weight is 230 g/mol. The van der Waals surface area contributed by atoms with Gasteiger partial charge < -0.3 is 29.3 Å². The summed E-state index contributed by atoms with van der Waals surface area (Å²) in [5.74, 6) is 0. The predicted molar refractivity (Wildman–Crippen MR) is 47.4 cm³/mol.